The molecule has 0 aromatic heterocycles. The molecule has 0 saturated carbocycles. The Hall–Kier alpha value is -1.97. The Morgan fingerprint density at radius 1 is 1.23 bits per heavy atom. The Morgan fingerprint density at radius 2 is 1.82 bits per heavy atom. The Labute approximate surface area is 139 Å². The Kier molecular flexibility index (Phi) is 4.79. The monoisotopic (exact) mass is 335 g/mol. The average Bonchev–Trinajstić information content (AvgIpc) is 2.40. The minimum atomic E-state index is -0.396. The number of rotatable bonds is 2. The highest BCUT2D eigenvalue weighted by Crippen LogP contribution is 2.30. The van der Waals surface area contributed by atoms with E-state index in [1.165, 1.54) is 11.8 Å². The van der Waals surface area contributed by atoms with Crippen molar-refractivity contribution in [3.63, 3.8) is 0 Å². The van der Waals surface area contributed by atoms with E-state index in [4.69, 9.17) is 23.2 Å². The first-order valence-corrected chi connectivity index (χ1v) is 7.31. The summed E-state index contributed by atoms with van der Waals surface area (Å²) in [5.74, 6) is -0.510. The van der Waals surface area contributed by atoms with Gasteiger partial charge in [-0.05, 0) is 49.3 Å². The Balaban J connectivity index is 2.48. The van der Waals surface area contributed by atoms with E-state index in [0.29, 0.717) is 21.3 Å². The third-order valence-electron chi connectivity index (χ3n) is 3.27. The Bertz CT molecular complexity index is 721. The van der Waals surface area contributed by atoms with Crippen LogP contribution in [0.3, 0.4) is 0 Å². The fraction of sp³-hybridized carbons (Fsp3) is 0.118. The molecule has 0 saturated heterocycles. The molecule has 0 unspecified atom stereocenters. The van der Waals surface area contributed by atoms with E-state index in [1.807, 2.05) is 13.0 Å². The molecule has 0 atom stereocenters. The van der Waals surface area contributed by atoms with Gasteiger partial charge in [-0.15, -0.1) is 0 Å². The number of benzene rings is 1. The van der Waals surface area contributed by atoms with Gasteiger partial charge in [0.15, 0.2) is 0 Å². The molecule has 1 aromatic carbocycles. The van der Waals surface area contributed by atoms with Gasteiger partial charge >= 0.3 is 0 Å². The molecular weight excluding hydrogens is 321 g/mol. The van der Waals surface area contributed by atoms with Crippen molar-refractivity contribution in [2.45, 2.75) is 13.8 Å². The minimum Gasteiger partial charge on any atom is -0.512 e. The highest BCUT2D eigenvalue weighted by atomic mass is 35.5. The molecule has 3 nitrogen and oxygen atoms in total. The zero-order valence-corrected chi connectivity index (χ0v) is 13.7. The van der Waals surface area contributed by atoms with Crippen LogP contribution >= 0.6 is 23.2 Å². The van der Waals surface area contributed by atoms with E-state index in [9.17, 15) is 9.90 Å². The summed E-state index contributed by atoms with van der Waals surface area (Å²) < 4.78 is 0. The predicted octanol–water partition coefficient (Wildman–Crippen LogP) is 5.10. The smallest absolute Gasteiger partial charge is 0.266 e. The molecule has 0 bridgehead atoms. The maximum Gasteiger partial charge on any atom is 0.266 e. The number of aliphatic hydroxyl groups is 1. The summed E-state index contributed by atoms with van der Waals surface area (Å²) in [6, 6.07) is 4.73. The van der Waals surface area contributed by atoms with Crippen LogP contribution in [0.25, 0.3) is 5.57 Å². The molecular formula is C17H15Cl2NO2. The lowest BCUT2D eigenvalue weighted by molar-refractivity contribution is -0.121. The number of hydrogen-bond acceptors (Lipinski definition) is 2. The van der Waals surface area contributed by atoms with Crippen molar-refractivity contribution in [2.75, 3.05) is 0 Å². The zero-order chi connectivity index (χ0) is 16.4. The number of aliphatic hydroxyl groups excluding tert-OH is 1. The van der Waals surface area contributed by atoms with E-state index >= 15 is 0 Å². The summed E-state index contributed by atoms with van der Waals surface area (Å²) in [5, 5.41) is 10.8. The highest BCUT2D eigenvalue weighted by Gasteiger charge is 2.24. The molecule has 0 aliphatic carbocycles. The third-order valence-corrected chi connectivity index (χ3v) is 3.71. The van der Waals surface area contributed by atoms with Gasteiger partial charge in [-0.25, -0.2) is 0 Å². The minimum absolute atomic E-state index is 0.114. The summed E-state index contributed by atoms with van der Waals surface area (Å²) >= 11 is 12.0. The van der Waals surface area contributed by atoms with Gasteiger partial charge in [0.2, 0.25) is 0 Å². The molecule has 1 aromatic rings. The normalized spacial score (nSPS) is 15.5. The average molecular weight is 336 g/mol. The lowest BCUT2D eigenvalue weighted by atomic mass is 10.0. The second-order valence-electron chi connectivity index (χ2n) is 4.93. The van der Waals surface area contributed by atoms with Gasteiger partial charge in [0.25, 0.3) is 5.91 Å². The van der Waals surface area contributed by atoms with Crippen LogP contribution in [-0.2, 0) is 4.79 Å². The van der Waals surface area contributed by atoms with Crippen LogP contribution in [0, 0.1) is 0 Å². The largest absolute Gasteiger partial charge is 0.512 e. The first-order valence-electron chi connectivity index (χ1n) is 6.55. The van der Waals surface area contributed by atoms with E-state index in [1.54, 1.807) is 30.5 Å². The van der Waals surface area contributed by atoms with Crippen molar-refractivity contribution in [1.82, 2.24) is 4.90 Å². The third kappa shape index (κ3) is 3.26. The van der Waals surface area contributed by atoms with Gasteiger partial charge in [-0.2, -0.15) is 0 Å². The van der Waals surface area contributed by atoms with Crippen molar-refractivity contribution < 1.29 is 9.90 Å². The maximum atomic E-state index is 12.8. The standard InChI is InChI=1S/C17H15Cl2NO2/c1-10-5-4-6-20(11(10)2)17(22)16(12(3)21)13-7-14(18)9-15(19)8-13/h4-9,21H,2H2,1,3H3. The van der Waals surface area contributed by atoms with E-state index < -0.39 is 5.91 Å². The number of amides is 1. The summed E-state index contributed by atoms with van der Waals surface area (Å²) in [7, 11) is 0. The van der Waals surface area contributed by atoms with Gasteiger partial charge < -0.3 is 5.11 Å². The molecule has 114 valence electrons. The van der Waals surface area contributed by atoms with Gasteiger partial charge in [0, 0.05) is 21.9 Å². The van der Waals surface area contributed by atoms with Gasteiger partial charge in [-0.1, -0.05) is 35.9 Å². The number of hydrogen-bond donors (Lipinski definition) is 1. The number of halogens is 2. The molecule has 22 heavy (non-hydrogen) atoms. The van der Waals surface area contributed by atoms with Gasteiger partial charge in [0.05, 0.1) is 5.57 Å². The molecule has 1 aliphatic heterocycles. The number of nitrogens with zero attached hydrogens (tertiary/aromatic N) is 1. The van der Waals surface area contributed by atoms with Crippen LogP contribution in [0.15, 0.2) is 60.2 Å². The van der Waals surface area contributed by atoms with E-state index in [0.717, 1.165) is 5.57 Å². The Morgan fingerprint density at radius 3 is 2.36 bits per heavy atom. The molecule has 0 radical (unpaired) electrons. The fourth-order valence-corrected chi connectivity index (χ4v) is 2.67. The van der Waals surface area contributed by atoms with Crippen LogP contribution in [0.4, 0.5) is 0 Å². The lowest BCUT2D eigenvalue weighted by Crippen LogP contribution is -2.28. The van der Waals surface area contributed by atoms with Crippen LogP contribution in [0.2, 0.25) is 10.0 Å². The number of carbonyl (C=O) groups excluding carboxylic acids is 1. The molecule has 0 fully saturated rings. The van der Waals surface area contributed by atoms with Crippen LogP contribution in [-0.4, -0.2) is 15.9 Å². The van der Waals surface area contributed by atoms with Crippen molar-refractivity contribution in [2.24, 2.45) is 0 Å². The molecule has 1 heterocycles. The van der Waals surface area contributed by atoms with Gasteiger partial charge in [-0.3, -0.25) is 9.69 Å². The maximum absolute atomic E-state index is 12.8. The van der Waals surface area contributed by atoms with E-state index in [-0.39, 0.29) is 11.3 Å². The molecule has 1 amide bonds. The van der Waals surface area contributed by atoms with Crippen molar-refractivity contribution >= 4 is 34.7 Å². The van der Waals surface area contributed by atoms with Crippen molar-refractivity contribution in [3.8, 4) is 0 Å². The quantitative estimate of drug-likeness (QED) is 0.603. The first-order chi connectivity index (χ1) is 10.3. The lowest BCUT2D eigenvalue weighted by Gasteiger charge is -2.25. The van der Waals surface area contributed by atoms with Crippen molar-refractivity contribution in [3.05, 3.63) is 75.8 Å². The molecule has 1 aliphatic rings. The summed E-state index contributed by atoms with van der Waals surface area (Å²) in [6.45, 7) is 7.20. The molecule has 1 N–H and O–H groups in total. The van der Waals surface area contributed by atoms with Crippen LogP contribution in [0.1, 0.15) is 19.4 Å². The summed E-state index contributed by atoms with van der Waals surface area (Å²) in [5.41, 5.74) is 2.01. The second kappa shape index (κ2) is 6.42. The first kappa shape index (κ1) is 16.4. The number of carbonyl (C=O) groups is 1. The number of allylic oxidation sites excluding steroid dienone is 4. The fourth-order valence-electron chi connectivity index (χ4n) is 2.15. The van der Waals surface area contributed by atoms with Gasteiger partial charge in [0.1, 0.15) is 5.76 Å². The van der Waals surface area contributed by atoms with Crippen LogP contribution in [0.5, 0.6) is 0 Å². The molecule has 2 rings (SSSR count). The highest BCUT2D eigenvalue weighted by molar-refractivity contribution is 6.35. The van der Waals surface area contributed by atoms with E-state index in [2.05, 4.69) is 6.58 Å². The predicted molar refractivity (Wildman–Crippen MR) is 90.6 cm³/mol. The van der Waals surface area contributed by atoms with Crippen molar-refractivity contribution in [1.29, 1.82) is 0 Å². The molecule has 5 heteroatoms. The SMILES string of the molecule is C=C1C(C)=CC=CN1C(=O)C(=C(C)O)c1cc(Cl)cc(Cl)c1. The summed E-state index contributed by atoms with van der Waals surface area (Å²) in [6.07, 6.45) is 5.21. The second-order valence-corrected chi connectivity index (χ2v) is 5.80. The van der Waals surface area contributed by atoms with Crippen LogP contribution < -0.4 is 0 Å². The summed E-state index contributed by atoms with van der Waals surface area (Å²) in [4.78, 5) is 14.2. The zero-order valence-electron chi connectivity index (χ0n) is 12.2. The molecule has 0 spiro atoms. The topological polar surface area (TPSA) is 40.5 Å².